The summed E-state index contributed by atoms with van der Waals surface area (Å²) in [5.41, 5.74) is 10.8. The molecule has 0 N–H and O–H groups in total. The molecule has 10 rings (SSSR count). The van der Waals surface area contributed by atoms with Crippen molar-refractivity contribution in [3.05, 3.63) is 182 Å². The third-order valence-electron chi connectivity index (χ3n) is 9.75. The molecule has 49 heavy (non-hydrogen) atoms. The van der Waals surface area contributed by atoms with Crippen LogP contribution < -0.4 is 4.90 Å². The maximum atomic E-state index is 6.86. The number of benzene rings is 8. The Hall–Kier alpha value is -6.58. The van der Waals surface area contributed by atoms with Crippen molar-refractivity contribution < 1.29 is 4.42 Å². The van der Waals surface area contributed by atoms with E-state index in [-0.39, 0.29) is 0 Å². The molecule has 0 aliphatic carbocycles. The van der Waals surface area contributed by atoms with Gasteiger partial charge in [-0.3, -0.25) is 0 Å². The van der Waals surface area contributed by atoms with E-state index in [4.69, 9.17) is 4.42 Å². The summed E-state index contributed by atoms with van der Waals surface area (Å²) in [4.78, 5) is 2.39. The number of aromatic nitrogens is 1. The van der Waals surface area contributed by atoms with E-state index in [9.17, 15) is 0 Å². The van der Waals surface area contributed by atoms with Crippen molar-refractivity contribution >= 4 is 71.6 Å². The van der Waals surface area contributed by atoms with Gasteiger partial charge < -0.3 is 13.9 Å². The fourth-order valence-electron chi connectivity index (χ4n) is 7.58. The van der Waals surface area contributed by atoms with E-state index >= 15 is 0 Å². The molecular formula is C46H30N2O. The molecule has 0 radical (unpaired) electrons. The first-order chi connectivity index (χ1) is 24.3. The second-order valence-electron chi connectivity index (χ2n) is 12.5. The SMILES string of the molecule is c1ccc(-c2ccc(-n3c4ccc5ccccc5c4c4c5oc6ccccc6c5cc(N(c5ccccc5)c5ccccc5)c43)cc2)cc1. The molecule has 3 heteroatoms. The van der Waals surface area contributed by atoms with Crippen molar-refractivity contribution in [3.63, 3.8) is 0 Å². The summed E-state index contributed by atoms with van der Waals surface area (Å²) < 4.78 is 9.30. The molecule has 0 bridgehead atoms. The van der Waals surface area contributed by atoms with Crippen molar-refractivity contribution in [3.8, 4) is 16.8 Å². The number of nitrogens with zero attached hydrogens (tertiary/aromatic N) is 2. The van der Waals surface area contributed by atoms with Gasteiger partial charge in [-0.2, -0.15) is 0 Å². The third-order valence-corrected chi connectivity index (χ3v) is 9.75. The lowest BCUT2D eigenvalue weighted by Crippen LogP contribution is -2.11. The van der Waals surface area contributed by atoms with E-state index in [0.717, 1.165) is 61.1 Å². The summed E-state index contributed by atoms with van der Waals surface area (Å²) in [6.45, 7) is 0. The number of furan rings is 1. The van der Waals surface area contributed by atoms with Crippen LogP contribution in [0.15, 0.2) is 186 Å². The molecule has 8 aromatic carbocycles. The molecular weight excluding hydrogens is 597 g/mol. The van der Waals surface area contributed by atoms with Crippen LogP contribution in [0.3, 0.4) is 0 Å². The first-order valence-corrected chi connectivity index (χ1v) is 16.7. The Bertz CT molecular complexity index is 2760. The minimum Gasteiger partial charge on any atom is -0.455 e. The zero-order valence-electron chi connectivity index (χ0n) is 26.6. The summed E-state index contributed by atoms with van der Waals surface area (Å²) in [5.74, 6) is 0. The Morgan fingerprint density at radius 3 is 1.76 bits per heavy atom. The second kappa shape index (κ2) is 11.0. The van der Waals surface area contributed by atoms with E-state index in [0.29, 0.717) is 0 Å². The van der Waals surface area contributed by atoms with Gasteiger partial charge in [-0.05, 0) is 76.5 Å². The number of para-hydroxylation sites is 3. The van der Waals surface area contributed by atoms with Crippen molar-refractivity contribution in [2.75, 3.05) is 4.90 Å². The molecule has 0 spiro atoms. The van der Waals surface area contributed by atoms with Gasteiger partial charge in [0, 0.05) is 33.2 Å². The van der Waals surface area contributed by atoms with E-state index in [1.165, 1.54) is 27.3 Å². The average molecular weight is 627 g/mol. The molecule has 10 aromatic rings. The molecule has 2 aromatic heterocycles. The van der Waals surface area contributed by atoms with Crippen LogP contribution in [-0.2, 0) is 0 Å². The molecule has 0 amide bonds. The first-order valence-electron chi connectivity index (χ1n) is 16.7. The maximum absolute atomic E-state index is 6.86. The molecule has 0 unspecified atom stereocenters. The molecule has 3 nitrogen and oxygen atoms in total. The zero-order valence-corrected chi connectivity index (χ0v) is 26.6. The van der Waals surface area contributed by atoms with Gasteiger partial charge in [-0.15, -0.1) is 0 Å². The second-order valence-corrected chi connectivity index (χ2v) is 12.5. The Labute approximate surface area is 283 Å². The Morgan fingerprint density at radius 2 is 1.04 bits per heavy atom. The highest BCUT2D eigenvalue weighted by Crippen LogP contribution is 2.49. The summed E-state index contributed by atoms with van der Waals surface area (Å²) in [5, 5.41) is 6.91. The highest BCUT2D eigenvalue weighted by atomic mass is 16.3. The van der Waals surface area contributed by atoms with E-state index in [1.807, 2.05) is 0 Å². The predicted octanol–water partition coefficient (Wildman–Crippen LogP) is 13.0. The quantitative estimate of drug-likeness (QED) is 0.190. The molecule has 2 heterocycles. The van der Waals surface area contributed by atoms with Gasteiger partial charge in [-0.1, -0.05) is 127 Å². The first kappa shape index (κ1) is 27.5. The van der Waals surface area contributed by atoms with Crippen molar-refractivity contribution in [1.82, 2.24) is 4.57 Å². The largest absolute Gasteiger partial charge is 0.455 e. The standard InChI is InChI=1S/C46H30N2O/c1-4-14-31(15-5-1)32-24-27-36(28-25-32)48-40-29-26-33-16-10-11-21-37(33)43(40)44-45(48)41(30-39-38-22-12-13-23-42(38)49-46(39)44)47(34-17-6-2-7-18-34)35-19-8-3-9-20-35/h1-30H. The van der Waals surface area contributed by atoms with Gasteiger partial charge in [0.25, 0.3) is 0 Å². The van der Waals surface area contributed by atoms with Gasteiger partial charge >= 0.3 is 0 Å². The number of hydrogen-bond acceptors (Lipinski definition) is 2. The Balaban J connectivity index is 1.41. The fraction of sp³-hybridized carbons (Fsp3) is 0. The average Bonchev–Trinajstić information content (AvgIpc) is 3.73. The maximum Gasteiger partial charge on any atom is 0.145 e. The molecule has 0 saturated heterocycles. The number of rotatable bonds is 5. The van der Waals surface area contributed by atoms with Crippen molar-refractivity contribution in [2.24, 2.45) is 0 Å². The van der Waals surface area contributed by atoms with Gasteiger partial charge in [0.05, 0.1) is 22.1 Å². The molecule has 0 aliphatic heterocycles. The van der Waals surface area contributed by atoms with Gasteiger partial charge in [-0.25, -0.2) is 0 Å². The summed E-state index contributed by atoms with van der Waals surface area (Å²) in [6, 6.07) is 64.8. The minimum atomic E-state index is 0.885. The Morgan fingerprint density at radius 1 is 0.449 bits per heavy atom. The minimum absolute atomic E-state index is 0.885. The number of fused-ring (bicyclic) bond motifs is 9. The Kier molecular flexibility index (Phi) is 6.18. The smallest absolute Gasteiger partial charge is 0.145 e. The highest BCUT2D eigenvalue weighted by molar-refractivity contribution is 6.32. The van der Waals surface area contributed by atoms with Crippen LogP contribution in [0.5, 0.6) is 0 Å². The van der Waals surface area contributed by atoms with Crippen LogP contribution in [0.1, 0.15) is 0 Å². The van der Waals surface area contributed by atoms with Gasteiger partial charge in [0.15, 0.2) is 0 Å². The van der Waals surface area contributed by atoms with Crippen LogP contribution in [0.4, 0.5) is 17.1 Å². The van der Waals surface area contributed by atoms with Gasteiger partial charge in [0.1, 0.15) is 11.2 Å². The highest BCUT2D eigenvalue weighted by Gasteiger charge is 2.27. The molecule has 0 atom stereocenters. The van der Waals surface area contributed by atoms with Crippen LogP contribution in [0.25, 0.3) is 71.3 Å². The number of anilines is 3. The van der Waals surface area contributed by atoms with Crippen LogP contribution in [0.2, 0.25) is 0 Å². The molecule has 230 valence electrons. The normalized spacial score (nSPS) is 11.7. The lowest BCUT2D eigenvalue weighted by atomic mass is 10.0. The molecule has 0 fully saturated rings. The van der Waals surface area contributed by atoms with Crippen LogP contribution in [-0.4, -0.2) is 4.57 Å². The van der Waals surface area contributed by atoms with E-state index in [1.54, 1.807) is 0 Å². The predicted molar refractivity (Wildman–Crippen MR) is 206 cm³/mol. The molecule has 0 aliphatic rings. The fourth-order valence-corrected chi connectivity index (χ4v) is 7.58. The van der Waals surface area contributed by atoms with Crippen LogP contribution in [0, 0.1) is 0 Å². The monoisotopic (exact) mass is 626 g/mol. The summed E-state index contributed by atoms with van der Waals surface area (Å²) >= 11 is 0. The lowest BCUT2D eigenvalue weighted by Gasteiger charge is -2.27. The third kappa shape index (κ3) is 4.29. The van der Waals surface area contributed by atoms with Crippen molar-refractivity contribution in [2.45, 2.75) is 0 Å². The van der Waals surface area contributed by atoms with E-state index in [2.05, 4.69) is 191 Å². The summed E-state index contributed by atoms with van der Waals surface area (Å²) in [7, 11) is 0. The topological polar surface area (TPSA) is 21.3 Å². The van der Waals surface area contributed by atoms with E-state index < -0.39 is 0 Å². The molecule has 0 saturated carbocycles. The van der Waals surface area contributed by atoms with Gasteiger partial charge in [0.2, 0.25) is 0 Å². The van der Waals surface area contributed by atoms with Crippen molar-refractivity contribution in [1.29, 1.82) is 0 Å². The van der Waals surface area contributed by atoms with Crippen LogP contribution >= 0.6 is 0 Å². The lowest BCUT2D eigenvalue weighted by molar-refractivity contribution is 0.673. The number of hydrogen-bond donors (Lipinski definition) is 0. The zero-order chi connectivity index (χ0) is 32.3. The summed E-state index contributed by atoms with van der Waals surface area (Å²) in [6.07, 6.45) is 0.